The third-order valence-corrected chi connectivity index (χ3v) is 5.20. The number of nitrogens with zero attached hydrogens (tertiary/aromatic N) is 1. The quantitative estimate of drug-likeness (QED) is 0.751. The van der Waals surface area contributed by atoms with Crippen molar-refractivity contribution in [3.8, 4) is 11.5 Å². The molecule has 2 aromatic rings. The maximum absolute atomic E-state index is 13.0. The molecule has 0 aromatic heterocycles. The topological polar surface area (TPSA) is 88.1 Å². The third kappa shape index (κ3) is 3.39. The number of rotatable bonds is 5. The van der Waals surface area contributed by atoms with Crippen LogP contribution in [0, 0.1) is 0 Å². The molecule has 28 heavy (non-hydrogen) atoms. The van der Waals surface area contributed by atoms with E-state index in [0.717, 1.165) is 10.5 Å². The predicted molar refractivity (Wildman–Crippen MR) is 101 cm³/mol. The molecule has 1 fully saturated rings. The van der Waals surface area contributed by atoms with E-state index in [1.165, 1.54) is 0 Å². The number of carbonyl (C=O) groups excluding carboxylic acids is 2. The van der Waals surface area contributed by atoms with Crippen molar-refractivity contribution in [3.05, 3.63) is 58.6 Å². The lowest BCUT2D eigenvalue weighted by Gasteiger charge is -2.23. The van der Waals surface area contributed by atoms with Gasteiger partial charge in [-0.25, -0.2) is 4.79 Å². The Morgan fingerprint density at radius 2 is 1.89 bits per heavy atom. The van der Waals surface area contributed by atoms with Crippen molar-refractivity contribution >= 4 is 23.5 Å². The van der Waals surface area contributed by atoms with Crippen LogP contribution >= 0.6 is 11.6 Å². The lowest BCUT2D eigenvalue weighted by atomic mass is 9.92. The Labute approximate surface area is 166 Å². The Bertz CT molecular complexity index is 933. The molecule has 0 radical (unpaired) electrons. The van der Waals surface area contributed by atoms with Crippen molar-refractivity contribution in [3.63, 3.8) is 0 Å². The third-order valence-electron chi connectivity index (χ3n) is 4.95. The number of aliphatic hydroxyl groups excluding tert-OH is 1. The number of benzene rings is 2. The Kier molecular flexibility index (Phi) is 4.64. The molecule has 1 saturated heterocycles. The van der Waals surface area contributed by atoms with Gasteiger partial charge < -0.3 is 19.9 Å². The molecule has 0 saturated carbocycles. The Morgan fingerprint density at radius 1 is 1.18 bits per heavy atom. The van der Waals surface area contributed by atoms with Crippen LogP contribution in [0.25, 0.3) is 0 Å². The van der Waals surface area contributed by atoms with Crippen LogP contribution in [0.3, 0.4) is 0 Å². The molecule has 2 aliphatic rings. The second-order valence-electron chi connectivity index (χ2n) is 7.11. The summed E-state index contributed by atoms with van der Waals surface area (Å²) < 4.78 is 10.7. The summed E-state index contributed by atoms with van der Waals surface area (Å²) in [5.41, 5.74) is 0.305. The van der Waals surface area contributed by atoms with Crippen LogP contribution in [0.5, 0.6) is 11.5 Å². The second kappa shape index (κ2) is 7.00. The molecule has 2 heterocycles. The van der Waals surface area contributed by atoms with Crippen LogP contribution in [0.2, 0.25) is 5.02 Å². The molecule has 146 valence electrons. The number of β-amino-alcohol motifs (C(OH)–C–C–N with tert-alkyl or cyclic N) is 1. The van der Waals surface area contributed by atoms with Gasteiger partial charge in [-0.1, -0.05) is 29.8 Å². The number of imide groups is 1. The van der Waals surface area contributed by atoms with Crippen LogP contribution in [0.15, 0.2) is 42.5 Å². The second-order valence-corrected chi connectivity index (χ2v) is 7.55. The van der Waals surface area contributed by atoms with Gasteiger partial charge in [0, 0.05) is 11.4 Å². The summed E-state index contributed by atoms with van der Waals surface area (Å²) in [7, 11) is 0. The maximum atomic E-state index is 13.0. The highest BCUT2D eigenvalue weighted by Crippen LogP contribution is 2.34. The molecule has 2 aromatic carbocycles. The highest BCUT2D eigenvalue weighted by molar-refractivity contribution is 6.30. The Balaban J connectivity index is 1.48. The van der Waals surface area contributed by atoms with E-state index in [1.54, 1.807) is 43.3 Å². The van der Waals surface area contributed by atoms with Gasteiger partial charge in [0.2, 0.25) is 6.79 Å². The molecular weight excluding hydrogens is 384 g/mol. The molecule has 0 spiro atoms. The Morgan fingerprint density at radius 3 is 2.64 bits per heavy atom. The van der Waals surface area contributed by atoms with E-state index in [2.05, 4.69) is 5.32 Å². The summed E-state index contributed by atoms with van der Waals surface area (Å²) >= 11 is 5.86. The molecular formula is C20H19ClN2O5. The van der Waals surface area contributed by atoms with Gasteiger partial charge in [0.05, 0.1) is 12.6 Å². The van der Waals surface area contributed by atoms with Gasteiger partial charge in [0.25, 0.3) is 5.91 Å². The minimum Gasteiger partial charge on any atom is -0.454 e. The first kappa shape index (κ1) is 18.6. The highest BCUT2D eigenvalue weighted by Gasteiger charge is 2.48. The zero-order valence-electron chi connectivity index (χ0n) is 15.1. The van der Waals surface area contributed by atoms with Crippen molar-refractivity contribution in [1.29, 1.82) is 0 Å². The lowest BCUT2D eigenvalue weighted by Crippen LogP contribution is -2.46. The van der Waals surface area contributed by atoms with Crippen LogP contribution in [0.4, 0.5) is 4.79 Å². The summed E-state index contributed by atoms with van der Waals surface area (Å²) in [6.07, 6.45) is -0.707. The minimum absolute atomic E-state index is 0.136. The van der Waals surface area contributed by atoms with E-state index in [1.807, 2.05) is 6.07 Å². The molecule has 7 nitrogen and oxygen atoms in total. The fraction of sp³-hybridized carbons (Fsp3) is 0.300. The summed E-state index contributed by atoms with van der Waals surface area (Å²) in [6.45, 7) is 1.71. The van der Waals surface area contributed by atoms with Crippen molar-refractivity contribution in [2.75, 3.05) is 13.3 Å². The molecule has 2 N–H and O–H groups in total. The molecule has 3 amide bonds. The van der Waals surface area contributed by atoms with Crippen LogP contribution < -0.4 is 14.8 Å². The molecule has 8 heteroatoms. The molecule has 0 aliphatic carbocycles. The van der Waals surface area contributed by atoms with E-state index >= 15 is 0 Å². The standard InChI is InChI=1S/C20H19ClN2O5/c1-20(9-12-2-7-16-17(8-12)28-11-27-16)18(25)23(19(26)22-20)10-15(24)13-3-5-14(21)6-4-13/h2-8,15,24H,9-11H2,1H3,(H,22,26)/t15-,20-/m0/s1. The summed E-state index contributed by atoms with van der Waals surface area (Å²) in [4.78, 5) is 26.4. The van der Waals surface area contributed by atoms with Gasteiger partial charge in [0.15, 0.2) is 11.5 Å². The highest BCUT2D eigenvalue weighted by atomic mass is 35.5. The Hall–Kier alpha value is -2.77. The van der Waals surface area contributed by atoms with Gasteiger partial charge in [-0.3, -0.25) is 9.69 Å². The number of hydrogen-bond acceptors (Lipinski definition) is 5. The van der Waals surface area contributed by atoms with E-state index in [4.69, 9.17) is 21.1 Å². The normalized spacial score (nSPS) is 21.8. The molecule has 2 atom stereocenters. The molecule has 0 bridgehead atoms. The van der Waals surface area contributed by atoms with Gasteiger partial charge in [0.1, 0.15) is 5.54 Å². The van der Waals surface area contributed by atoms with Crippen molar-refractivity contribution in [1.82, 2.24) is 10.2 Å². The number of nitrogens with one attached hydrogen (secondary N) is 1. The van der Waals surface area contributed by atoms with E-state index in [9.17, 15) is 14.7 Å². The zero-order valence-corrected chi connectivity index (χ0v) is 15.9. The van der Waals surface area contributed by atoms with E-state index in [0.29, 0.717) is 28.5 Å². The largest absolute Gasteiger partial charge is 0.454 e. The van der Waals surface area contributed by atoms with Crippen molar-refractivity contribution in [2.45, 2.75) is 25.0 Å². The zero-order chi connectivity index (χ0) is 19.9. The van der Waals surface area contributed by atoms with Gasteiger partial charge in [-0.05, 0) is 42.3 Å². The SMILES string of the molecule is C[C@@]1(Cc2ccc3c(c2)OCO3)NC(=O)N(C[C@H](O)c2ccc(Cl)cc2)C1=O. The number of ether oxygens (including phenoxy) is 2. The number of urea groups is 1. The first-order valence-corrected chi connectivity index (χ1v) is 9.20. The first-order valence-electron chi connectivity index (χ1n) is 8.82. The van der Waals surface area contributed by atoms with Gasteiger partial charge in [-0.2, -0.15) is 0 Å². The number of halogens is 1. The van der Waals surface area contributed by atoms with Crippen LogP contribution in [-0.2, 0) is 11.2 Å². The van der Waals surface area contributed by atoms with Crippen LogP contribution in [-0.4, -0.2) is 40.8 Å². The summed E-state index contributed by atoms with van der Waals surface area (Å²) in [5, 5.41) is 13.7. The number of carbonyl (C=O) groups is 2. The monoisotopic (exact) mass is 402 g/mol. The van der Waals surface area contributed by atoms with Gasteiger partial charge >= 0.3 is 6.03 Å². The number of aliphatic hydroxyl groups is 1. The van der Waals surface area contributed by atoms with Crippen molar-refractivity contribution < 1.29 is 24.2 Å². The predicted octanol–water partition coefficient (Wildman–Crippen LogP) is 2.66. The van der Waals surface area contributed by atoms with E-state index in [-0.39, 0.29) is 19.2 Å². The average Bonchev–Trinajstić information content (AvgIpc) is 3.20. The van der Waals surface area contributed by atoms with Crippen molar-refractivity contribution in [2.24, 2.45) is 0 Å². The maximum Gasteiger partial charge on any atom is 0.325 e. The molecule has 2 aliphatic heterocycles. The van der Waals surface area contributed by atoms with Gasteiger partial charge in [-0.15, -0.1) is 0 Å². The molecule has 4 rings (SSSR count). The van der Waals surface area contributed by atoms with E-state index < -0.39 is 17.7 Å². The fourth-order valence-electron chi connectivity index (χ4n) is 3.46. The molecule has 0 unspecified atom stereocenters. The summed E-state index contributed by atoms with van der Waals surface area (Å²) in [5.74, 6) is 0.888. The number of fused-ring (bicyclic) bond motifs is 1. The smallest absolute Gasteiger partial charge is 0.325 e. The lowest BCUT2D eigenvalue weighted by molar-refractivity contribution is -0.131. The summed E-state index contributed by atoms with van der Waals surface area (Å²) in [6, 6.07) is 11.5. The first-order chi connectivity index (χ1) is 13.4. The minimum atomic E-state index is -1.11. The number of hydrogen-bond donors (Lipinski definition) is 2. The number of amides is 3. The van der Waals surface area contributed by atoms with Crippen LogP contribution in [0.1, 0.15) is 24.2 Å². The fourth-order valence-corrected chi connectivity index (χ4v) is 3.58. The average molecular weight is 403 g/mol.